The quantitative estimate of drug-likeness (QED) is 0.592. The normalized spacial score (nSPS) is 15.9. The lowest BCUT2D eigenvalue weighted by Gasteiger charge is -2.37. The van der Waals surface area contributed by atoms with Crippen molar-refractivity contribution in [3.8, 4) is 16.9 Å². The number of carbonyl (C=O) groups is 1. The maximum Gasteiger partial charge on any atom is 0.356 e. The SMILES string of the molecule is CC(C)c1ccccc1-n1nc(C(=O)O)c2c1-c1ccccc1S(O)(O)C2. The van der Waals surface area contributed by atoms with Gasteiger partial charge in [-0.1, -0.05) is 50.2 Å². The maximum atomic E-state index is 11.8. The molecule has 6 nitrogen and oxygen atoms in total. The molecule has 0 bridgehead atoms. The molecule has 4 rings (SSSR count). The van der Waals surface area contributed by atoms with E-state index in [1.807, 2.05) is 24.3 Å². The fourth-order valence-corrected chi connectivity index (χ4v) is 5.25. The van der Waals surface area contributed by atoms with Crippen molar-refractivity contribution in [1.82, 2.24) is 9.78 Å². The molecule has 140 valence electrons. The summed E-state index contributed by atoms with van der Waals surface area (Å²) in [4.78, 5) is 12.3. The number of rotatable bonds is 3. The van der Waals surface area contributed by atoms with Crippen molar-refractivity contribution >= 4 is 16.6 Å². The molecule has 0 amide bonds. The third-order valence-electron chi connectivity index (χ3n) is 4.81. The summed E-state index contributed by atoms with van der Waals surface area (Å²) in [5, 5.41) is 14.0. The van der Waals surface area contributed by atoms with Crippen molar-refractivity contribution in [3.63, 3.8) is 0 Å². The van der Waals surface area contributed by atoms with Crippen molar-refractivity contribution in [2.24, 2.45) is 0 Å². The molecule has 0 spiro atoms. The molecule has 2 aromatic carbocycles. The topological polar surface area (TPSA) is 95.6 Å². The lowest BCUT2D eigenvalue weighted by atomic mass is 10.0. The second-order valence-electron chi connectivity index (χ2n) is 6.91. The molecular formula is C20H20N2O4S. The molecular weight excluding hydrogens is 364 g/mol. The fraction of sp³-hybridized carbons (Fsp3) is 0.200. The summed E-state index contributed by atoms with van der Waals surface area (Å²) in [6, 6.07) is 14.7. The van der Waals surface area contributed by atoms with Gasteiger partial charge in [-0.2, -0.15) is 15.7 Å². The minimum absolute atomic E-state index is 0.141. The zero-order valence-electron chi connectivity index (χ0n) is 15.0. The number of carboxylic acids is 1. The average molecular weight is 384 g/mol. The number of aromatic nitrogens is 2. The molecule has 1 aliphatic heterocycles. The Kier molecular flexibility index (Phi) is 4.10. The van der Waals surface area contributed by atoms with Crippen LogP contribution in [-0.4, -0.2) is 30.0 Å². The monoisotopic (exact) mass is 384 g/mol. The third kappa shape index (κ3) is 2.75. The zero-order valence-corrected chi connectivity index (χ0v) is 15.8. The summed E-state index contributed by atoms with van der Waals surface area (Å²) < 4.78 is 22.9. The summed E-state index contributed by atoms with van der Waals surface area (Å²) >= 11 is 0. The van der Waals surface area contributed by atoms with Crippen molar-refractivity contribution < 1.29 is 19.0 Å². The Bertz CT molecular complexity index is 1060. The summed E-state index contributed by atoms with van der Waals surface area (Å²) in [7, 11) is -3.12. The first-order valence-electron chi connectivity index (χ1n) is 8.61. The van der Waals surface area contributed by atoms with Crippen LogP contribution >= 0.6 is 10.6 Å². The molecule has 0 saturated heterocycles. The number of para-hydroxylation sites is 1. The fourth-order valence-electron chi connectivity index (χ4n) is 3.60. The Balaban J connectivity index is 2.09. The van der Waals surface area contributed by atoms with E-state index < -0.39 is 16.6 Å². The van der Waals surface area contributed by atoms with Gasteiger partial charge in [-0.05, 0) is 23.6 Å². The lowest BCUT2D eigenvalue weighted by molar-refractivity contribution is 0.0689. The predicted octanol–water partition coefficient (Wildman–Crippen LogP) is 4.98. The van der Waals surface area contributed by atoms with Crippen molar-refractivity contribution in [2.75, 3.05) is 0 Å². The van der Waals surface area contributed by atoms with Crippen LogP contribution in [0.25, 0.3) is 16.9 Å². The number of benzene rings is 2. The van der Waals surface area contributed by atoms with Gasteiger partial charge in [-0.25, -0.2) is 9.48 Å². The highest BCUT2D eigenvalue weighted by Crippen LogP contribution is 2.59. The van der Waals surface area contributed by atoms with E-state index >= 15 is 0 Å². The van der Waals surface area contributed by atoms with Crippen LogP contribution in [-0.2, 0) is 5.75 Å². The van der Waals surface area contributed by atoms with Gasteiger partial charge in [0.2, 0.25) is 0 Å². The highest BCUT2D eigenvalue weighted by Gasteiger charge is 2.36. The summed E-state index contributed by atoms with van der Waals surface area (Å²) in [6.07, 6.45) is 0. The van der Waals surface area contributed by atoms with Crippen molar-refractivity contribution in [1.29, 1.82) is 0 Å². The molecule has 3 N–H and O–H groups in total. The van der Waals surface area contributed by atoms with Crippen LogP contribution in [0, 0.1) is 0 Å². The van der Waals surface area contributed by atoms with Gasteiger partial charge in [0.25, 0.3) is 0 Å². The largest absolute Gasteiger partial charge is 0.476 e. The van der Waals surface area contributed by atoms with Crippen molar-refractivity contribution in [3.05, 3.63) is 65.4 Å². The van der Waals surface area contributed by atoms with Crippen LogP contribution in [0.2, 0.25) is 0 Å². The van der Waals surface area contributed by atoms with E-state index in [1.54, 1.807) is 28.9 Å². The number of hydrogen-bond acceptors (Lipinski definition) is 4. The number of fused-ring (bicyclic) bond motifs is 3. The number of aromatic carboxylic acids is 1. The van der Waals surface area contributed by atoms with Gasteiger partial charge in [-0.15, -0.1) is 0 Å². The molecule has 0 unspecified atom stereocenters. The first-order chi connectivity index (χ1) is 12.8. The minimum atomic E-state index is -3.12. The van der Waals surface area contributed by atoms with Gasteiger partial charge in [-0.3, -0.25) is 9.11 Å². The zero-order chi connectivity index (χ0) is 19.3. The van der Waals surface area contributed by atoms with Gasteiger partial charge in [0, 0.05) is 11.1 Å². The van der Waals surface area contributed by atoms with Crippen LogP contribution in [0.1, 0.15) is 41.4 Å². The van der Waals surface area contributed by atoms with Crippen LogP contribution in [0.4, 0.5) is 0 Å². The Hall–Kier alpha value is -2.61. The van der Waals surface area contributed by atoms with Crippen LogP contribution in [0.5, 0.6) is 0 Å². The Morgan fingerprint density at radius 3 is 2.48 bits per heavy atom. The summed E-state index contributed by atoms with van der Waals surface area (Å²) in [5.41, 5.74) is 3.27. The van der Waals surface area contributed by atoms with E-state index in [4.69, 9.17) is 0 Å². The standard InChI is InChI=1S/C20H20N2O4S/c1-12(2)13-7-3-5-9-16(13)22-19-14-8-4-6-10-17(14)27(25,26)11-15(19)18(21-22)20(23)24/h3-10,12,25-26H,11H2,1-2H3,(H,23,24). The molecule has 27 heavy (non-hydrogen) atoms. The van der Waals surface area contributed by atoms with E-state index in [0.29, 0.717) is 21.7 Å². The first kappa shape index (κ1) is 17.8. The Morgan fingerprint density at radius 1 is 1.11 bits per heavy atom. The van der Waals surface area contributed by atoms with Gasteiger partial charge < -0.3 is 5.11 Å². The molecule has 0 radical (unpaired) electrons. The molecule has 1 aliphatic rings. The summed E-state index contributed by atoms with van der Waals surface area (Å²) in [6.45, 7) is 4.13. The first-order valence-corrected chi connectivity index (χ1v) is 10.3. The average Bonchev–Trinajstić information content (AvgIpc) is 3.00. The van der Waals surface area contributed by atoms with E-state index in [0.717, 1.165) is 11.3 Å². The predicted molar refractivity (Wildman–Crippen MR) is 105 cm³/mol. The van der Waals surface area contributed by atoms with E-state index in [1.165, 1.54) is 0 Å². The minimum Gasteiger partial charge on any atom is -0.476 e. The third-order valence-corrected chi connectivity index (χ3v) is 6.56. The maximum absolute atomic E-state index is 11.8. The van der Waals surface area contributed by atoms with Gasteiger partial charge in [0.15, 0.2) is 5.69 Å². The Morgan fingerprint density at radius 2 is 1.78 bits per heavy atom. The Labute approximate surface area is 158 Å². The van der Waals surface area contributed by atoms with E-state index in [9.17, 15) is 19.0 Å². The molecule has 3 aromatic rings. The van der Waals surface area contributed by atoms with Gasteiger partial charge >= 0.3 is 5.97 Å². The molecule has 0 atom stereocenters. The molecule has 7 heteroatoms. The smallest absolute Gasteiger partial charge is 0.356 e. The van der Waals surface area contributed by atoms with Gasteiger partial charge in [0.1, 0.15) is 0 Å². The lowest BCUT2D eigenvalue weighted by Crippen LogP contribution is -2.13. The van der Waals surface area contributed by atoms with Crippen LogP contribution in [0.3, 0.4) is 0 Å². The highest BCUT2D eigenvalue weighted by atomic mass is 32.3. The molecule has 1 aromatic heterocycles. The van der Waals surface area contributed by atoms with E-state index in [2.05, 4.69) is 18.9 Å². The van der Waals surface area contributed by atoms with Crippen LogP contribution in [0.15, 0.2) is 53.4 Å². The molecule has 2 heterocycles. The summed E-state index contributed by atoms with van der Waals surface area (Å²) in [5.74, 6) is -1.11. The second-order valence-corrected chi connectivity index (χ2v) is 8.98. The number of hydrogen-bond donors (Lipinski definition) is 3. The van der Waals surface area contributed by atoms with Crippen molar-refractivity contribution in [2.45, 2.75) is 30.4 Å². The highest BCUT2D eigenvalue weighted by molar-refractivity contribution is 8.23. The molecule has 0 fully saturated rings. The molecule has 0 saturated carbocycles. The number of carboxylic acid groups (broad SMARTS) is 1. The van der Waals surface area contributed by atoms with Gasteiger partial charge in [0.05, 0.1) is 22.0 Å². The van der Waals surface area contributed by atoms with Crippen LogP contribution < -0.4 is 0 Å². The second kappa shape index (κ2) is 6.23. The molecule has 0 aliphatic carbocycles. The van der Waals surface area contributed by atoms with E-state index in [-0.39, 0.29) is 17.4 Å². The number of nitrogens with zero attached hydrogens (tertiary/aromatic N) is 2.